The number of pyridine rings is 2. The Morgan fingerprint density at radius 3 is 2.31 bits per heavy atom. The zero-order valence-electron chi connectivity index (χ0n) is 14.1. The molecule has 0 saturated carbocycles. The molecule has 0 aliphatic heterocycles. The van der Waals surface area contributed by atoms with Gasteiger partial charge in [-0.2, -0.15) is 0 Å². The molecule has 0 saturated heterocycles. The Bertz CT molecular complexity index is 1230. The third-order valence-electron chi connectivity index (χ3n) is 4.73. The van der Waals surface area contributed by atoms with E-state index in [1.165, 1.54) is 10.8 Å². The molecule has 0 aliphatic carbocycles. The molecule has 2 aromatic heterocycles. The summed E-state index contributed by atoms with van der Waals surface area (Å²) >= 11 is 0. The summed E-state index contributed by atoms with van der Waals surface area (Å²) in [5, 5.41) is 3.57. The fourth-order valence-electron chi connectivity index (χ4n) is 3.42. The van der Waals surface area contributed by atoms with Crippen molar-refractivity contribution < 1.29 is 0 Å². The van der Waals surface area contributed by atoms with Crippen LogP contribution in [0.5, 0.6) is 0 Å². The number of hydrogen-bond acceptors (Lipinski definition) is 2. The molecule has 0 radical (unpaired) electrons. The van der Waals surface area contributed by atoms with E-state index in [0.717, 1.165) is 33.3 Å². The van der Waals surface area contributed by atoms with Crippen molar-refractivity contribution in [1.29, 1.82) is 0 Å². The molecule has 5 aromatic rings. The van der Waals surface area contributed by atoms with E-state index in [9.17, 15) is 0 Å². The highest BCUT2D eigenvalue weighted by molar-refractivity contribution is 6.05. The second kappa shape index (κ2) is 6.08. The van der Waals surface area contributed by atoms with Gasteiger partial charge in [-0.25, -0.2) is 0 Å². The molecule has 5 rings (SSSR count). The van der Waals surface area contributed by atoms with Gasteiger partial charge in [0.1, 0.15) is 0 Å². The molecule has 0 unspecified atom stereocenters. The molecule has 0 amide bonds. The SMILES string of the molecule is c1ccc(-c2cccc(-c3cnc4c(ccc5ccccc54)c3)c2)nc1. The van der Waals surface area contributed by atoms with E-state index in [-0.39, 0.29) is 0 Å². The van der Waals surface area contributed by atoms with Crippen LogP contribution in [-0.4, -0.2) is 9.97 Å². The van der Waals surface area contributed by atoms with Crippen molar-refractivity contribution in [2.75, 3.05) is 0 Å². The van der Waals surface area contributed by atoms with Crippen molar-refractivity contribution in [3.05, 3.63) is 97.3 Å². The number of hydrogen-bond donors (Lipinski definition) is 0. The van der Waals surface area contributed by atoms with Crippen molar-refractivity contribution in [2.24, 2.45) is 0 Å². The molecule has 2 heterocycles. The molecule has 0 N–H and O–H groups in total. The topological polar surface area (TPSA) is 25.8 Å². The predicted molar refractivity (Wildman–Crippen MR) is 108 cm³/mol. The number of benzene rings is 3. The maximum atomic E-state index is 4.77. The first-order valence-electron chi connectivity index (χ1n) is 8.68. The van der Waals surface area contributed by atoms with Crippen molar-refractivity contribution in [2.45, 2.75) is 0 Å². The molecule has 2 heteroatoms. The molecule has 26 heavy (non-hydrogen) atoms. The number of rotatable bonds is 2. The normalized spacial score (nSPS) is 11.1. The summed E-state index contributed by atoms with van der Waals surface area (Å²) in [4.78, 5) is 9.22. The van der Waals surface area contributed by atoms with Gasteiger partial charge in [-0.3, -0.25) is 9.97 Å². The van der Waals surface area contributed by atoms with Crippen LogP contribution in [0.25, 0.3) is 44.1 Å². The zero-order valence-corrected chi connectivity index (χ0v) is 14.1. The van der Waals surface area contributed by atoms with Crippen LogP contribution in [0.4, 0.5) is 0 Å². The third-order valence-corrected chi connectivity index (χ3v) is 4.73. The van der Waals surface area contributed by atoms with Gasteiger partial charge in [0.25, 0.3) is 0 Å². The van der Waals surface area contributed by atoms with E-state index in [2.05, 4.69) is 71.7 Å². The third kappa shape index (κ3) is 2.52. The van der Waals surface area contributed by atoms with Crippen LogP contribution in [0.15, 0.2) is 97.3 Å². The van der Waals surface area contributed by atoms with E-state index >= 15 is 0 Å². The zero-order chi connectivity index (χ0) is 17.3. The van der Waals surface area contributed by atoms with Gasteiger partial charge >= 0.3 is 0 Å². The summed E-state index contributed by atoms with van der Waals surface area (Å²) in [7, 11) is 0. The second-order valence-electron chi connectivity index (χ2n) is 6.38. The summed E-state index contributed by atoms with van der Waals surface area (Å²) in [6.45, 7) is 0. The molecular weight excluding hydrogens is 316 g/mol. The summed E-state index contributed by atoms with van der Waals surface area (Å²) in [5.41, 5.74) is 5.41. The summed E-state index contributed by atoms with van der Waals surface area (Å²) < 4.78 is 0. The quantitative estimate of drug-likeness (QED) is 0.364. The lowest BCUT2D eigenvalue weighted by atomic mass is 10.00. The fraction of sp³-hybridized carbons (Fsp3) is 0. The largest absolute Gasteiger partial charge is 0.256 e. The van der Waals surface area contributed by atoms with Crippen LogP contribution < -0.4 is 0 Å². The van der Waals surface area contributed by atoms with Crippen molar-refractivity contribution in [3.63, 3.8) is 0 Å². The van der Waals surface area contributed by atoms with E-state index in [1.54, 1.807) is 0 Å². The minimum absolute atomic E-state index is 0.981. The van der Waals surface area contributed by atoms with Crippen molar-refractivity contribution in [1.82, 2.24) is 9.97 Å². The molecule has 0 aliphatic rings. The Balaban J connectivity index is 1.64. The smallest absolute Gasteiger partial charge is 0.0780 e. The molecule has 0 bridgehead atoms. The van der Waals surface area contributed by atoms with Gasteiger partial charge in [-0.15, -0.1) is 0 Å². The van der Waals surface area contributed by atoms with E-state index in [4.69, 9.17) is 4.98 Å². The van der Waals surface area contributed by atoms with Crippen LogP contribution in [0.2, 0.25) is 0 Å². The van der Waals surface area contributed by atoms with Gasteiger partial charge in [-0.1, -0.05) is 60.7 Å². The highest BCUT2D eigenvalue weighted by atomic mass is 14.7. The average molecular weight is 332 g/mol. The van der Waals surface area contributed by atoms with E-state index in [0.29, 0.717) is 0 Å². The Kier molecular flexibility index (Phi) is 3.46. The highest BCUT2D eigenvalue weighted by Gasteiger charge is 2.06. The predicted octanol–water partition coefficient (Wildman–Crippen LogP) is 6.12. The van der Waals surface area contributed by atoms with Gasteiger partial charge in [0.05, 0.1) is 11.2 Å². The molecule has 122 valence electrons. The minimum atomic E-state index is 0.981. The first-order chi connectivity index (χ1) is 12.9. The molecule has 2 nitrogen and oxygen atoms in total. The van der Waals surface area contributed by atoms with Gasteiger partial charge < -0.3 is 0 Å². The van der Waals surface area contributed by atoms with E-state index in [1.807, 2.05) is 30.6 Å². The van der Waals surface area contributed by atoms with Gasteiger partial charge in [-0.05, 0) is 35.2 Å². The minimum Gasteiger partial charge on any atom is -0.256 e. The Morgan fingerprint density at radius 2 is 1.38 bits per heavy atom. The monoisotopic (exact) mass is 332 g/mol. The fourth-order valence-corrected chi connectivity index (χ4v) is 3.42. The molecule has 3 aromatic carbocycles. The Labute approximate surface area is 151 Å². The maximum Gasteiger partial charge on any atom is 0.0780 e. The van der Waals surface area contributed by atoms with Gasteiger partial charge in [0.2, 0.25) is 0 Å². The lowest BCUT2D eigenvalue weighted by Gasteiger charge is -2.08. The van der Waals surface area contributed by atoms with Crippen molar-refractivity contribution >= 4 is 21.7 Å². The number of aromatic nitrogens is 2. The summed E-state index contributed by atoms with van der Waals surface area (Å²) in [6.07, 6.45) is 3.79. The van der Waals surface area contributed by atoms with E-state index < -0.39 is 0 Å². The lowest BCUT2D eigenvalue weighted by Crippen LogP contribution is -1.87. The first kappa shape index (κ1) is 14.8. The molecule has 0 spiro atoms. The van der Waals surface area contributed by atoms with Crippen LogP contribution in [0.1, 0.15) is 0 Å². The number of nitrogens with zero attached hydrogens (tertiary/aromatic N) is 2. The second-order valence-corrected chi connectivity index (χ2v) is 6.38. The van der Waals surface area contributed by atoms with Crippen LogP contribution in [0.3, 0.4) is 0 Å². The molecule has 0 atom stereocenters. The summed E-state index contributed by atoms with van der Waals surface area (Å²) in [6, 6.07) is 29.3. The Morgan fingerprint density at radius 1 is 0.538 bits per heavy atom. The van der Waals surface area contributed by atoms with Crippen LogP contribution in [0, 0.1) is 0 Å². The highest BCUT2D eigenvalue weighted by Crippen LogP contribution is 2.29. The van der Waals surface area contributed by atoms with Crippen LogP contribution >= 0.6 is 0 Å². The molecule has 0 fully saturated rings. The average Bonchev–Trinajstić information content (AvgIpc) is 2.74. The summed E-state index contributed by atoms with van der Waals surface area (Å²) in [5.74, 6) is 0. The first-order valence-corrected chi connectivity index (χ1v) is 8.68. The van der Waals surface area contributed by atoms with Crippen LogP contribution in [-0.2, 0) is 0 Å². The standard InChI is InChI=1S/C24H16N2/c1-2-9-22-17(6-1)11-12-20-15-21(16-26-24(20)22)18-7-5-8-19(14-18)23-10-3-4-13-25-23/h1-16H. The number of fused-ring (bicyclic) bond motifs is 3. The maximum absolute atomic E-state index is 4.77. The van der Waals surface area contributed by atoms with Crippen molar-refractivity contribution in [3.8, 4) is 22.4 Å². The Hall–Kier alpha value is -3.52. The lowest BCUT2D eigenvalue weighted by molar-refractivity contribution is 1.33. The molecular formula is C24H16N2. The van der Waals surface area contributed by atoms with Gasteiger partial charge in [0, 0.05) is 34.3 Å². The van der Waals surface area contributed by atoms with Gasteiger partial charge in [0.15, 0.2) is 0 Å².